The molecule has 0 unspecified atom stereocenters. The van der Waals surface area contributed by atoms with Gasteiger partial charge in [-0.25, -0.2) is 13.4 Å². The van der Waals surface area contributed by atoms with E-state index < -0.39 is 10.0 Å². The molecule has 2 aromatic heterocycles. The summed E-state index contributed by atoms with van der Waals surface area (Å²) in [6.45, 7) is 7.35. The van der Waals surface area contributed by atoms with Gasteiger partial charge in [0.25, 0.3) is 5.91 Å². The summed E-state index contributed by atoms with van der Waals surface area (Å²) in [5.41, 5.74) is 3.68. The first-order valence-corrected chi connectivity index (χ1v) is 16.0. The van der Waals surface area contributed by atoms with Crippen molar-refractivity contribution in [2.75, 3.05) is 25.0 Å². The lowest BCUT2D eigenvalue weighted by Crippen LogP contribution is -2.35. The molecular formula is C28H31ClN4O3S3. The third-order valence-corrected chi connectivity index (χ3v) is 11.5. The van der Waals surface area contributed by atoms with Crippen LogP contribution in [-0.2, 0) is 23.0 Å². The number of nitrogens with one attached hydrogen (secondary N) is 1. The SMILES string of the molecule is CC(C)N1CCc2c(sc(NC(=O)c3ccc(S(=O)(=O)N4CCCC4)cc3)c2-c2nc3ccccc3s2)C1.Cl. The predicted molar refractivity (Wildman–Crippen MR) is 162 cm³/mol. The first-order chi connectivity index (χ1) is 18.3. The number of carbonyl (C=O) groups is 1. The molecule has 6 rings (SSSR count). The minimum Gasteiger partial charge on any atom is -0.313 e. The van der Waals surface area contributed by atoms with Gasteiger partial charge >= 0.3 is 0 Å². The summed E-state index contributed by atoms with van der Waals surface area (Å²) in [6.07, 6.45) is 2.68. The molecule has 0 atom stereocenters. The topological polar surface area (TPSA) is 82.6 Å². The third-order valence-electron chi connectivity index (χ3n) is 7.37. The quantitative estimate of drug-likeness (QED) is 0.282. The number of thiophene rings is 1. The smallest absolute Gasteiger partial charge is 0.256 e. The van der Waals surface area contributed by atoms with Crippen LogP contribution in [0.5, 0.6) is 0 Å². The summed E-state index contributed by atoms with van der Waals surface area (Å²) < 4.78 is 28.4. The second-order valence-corrected chi connectivity index (χ2v) is 14.2. The molecule has 0 radical (unpaired) electrons. The first-order valence-electron chi connectivity index (χ1n) is 13.0. The Morgan fingerprint density at radius 3 is 2.41 bits per heavy atom. The number of fused-ring (bicyclic) bond motifs is 2. The molecule has 206 valence electrons. The average Bonchev–Trinajstić information content (AvgIpc) is 3.66. The van der Waals surface area contributed by atoms with Crippen molar-refractivity contribution in [2.45, 2.75) is 50.6 Å². The first kappa shape index (κ1) is 28.2. The van der Waals surface area contributed by atoms with Gasteiger partial charge in [0.2, 0.25) is 10.0 Å². The van der Waals surface area contributed by atoms with Crippen molar-refractivity contribution in [3.8, 4) is 10.6 Å². The predicted octanol–water partition coefficient (Wildman–Crippen LogP) is 6.25. The number of hydrogen-bond donors (Lipinski definition) is 1. The maximum absolute atomic E-state index is 13.4. The van der Waals surface area contributed by atoms with Gasteiger partial charge in [0.1, 0.15) is 10.0 Å². The largest absolute Gasteiger partial charge is 0.313 e. The molecule has 11 heteroatoms. The number of benzene rings is 2. The fraction of sp³-hybridized carbons (Fsp3) is 0.357. The molecule has 7 nitrogen and oxygen atoms in total. The highest BCUT2D eigenvalue weighted by Crippen LogP contribution is 2.46. The number of halogens is 1. The number of aromatic nitrogens is 1. The van der Waals surface area contributed by atoms with E-state index in [-0.39, 0.29) is 23.2 Å². The van der Waals surface area contributed by atoms with Crippen LogP contribution < -0.4 is 5.32 Å². The maximum Gasteiger partial charge on any atom is 0.256 e. The summed E-state index contributed by atoms with van der Waals surface area (Å²) in [6, 6.07) is 14.8. The third kappa shape index (κ3) is 5.38. The Labute approximate surface area is 243 Å². The van der Waals surface area contributed by atoms with Crippen LogP contribution in [0, 0.1) is 0 Å². The normalized spacial score (nSPS) is 16.4. The number of carbonyl (C=O) groups excluding carboxylic acids is 1. The van der Waals surface area contributed by atoms with Gasteiger partial charge in [-0.1, -0.05) is 12.1 Å². The van der Waals surface area contributed by atoms with Crippen LogP contribution in [0.25, 0.3) is 20.8 Å². The van der Waals surface area contributed by atoms with E-state index in [1.807, 2.05) is 18.2 Å². The second-order valence-electron chi connectivity index (χ2n) is 10.1. The Bertz CT molecular complexity index is 1570. The minimum absolute atomic E-state index is 0. The second kappa shape index (κ2) is 11.3. The molecule has 1 amide bonds. The van der Waals surface area contributed by atoms with E-state index in [1.165, 1.54) is 26.9 Å². The van der Waals surface area contributed by atoms with Crippen LogP contribution >= 0.6 is 35.1 Å². The fourth-order valence-electron chi connectivity index (χ4n) is 5.19. The van der Waals surface area contributed by atoms with Crippen LogP contribution in [-0.4, -0.2) is 54.2 Å². The van der Waals surface area contributed by atoms with Crippen molar-refractivity contribution >= 4 is 66.2 Å². The van der Waals surface area contributed by atoms with Gasteiger partial charge in [0.15, 0.2) is 0 Å². The lowest BCUT2D eigenvalue weighted by molar-refractivity contribution is 0.102. The Morgan fingerprint density at radius 1 is 1.00 bits per heavy atom. The van der Waals surface area contributed by atoms with E-state index in [2.05, 4.69) is 30.1 Å². The van der Waals surface area contributed by atoms with Crippen LogP contribution in [0.4, 0.5) is 5.00 Å². The van der Waals surface area contributed by atoms with E-state index in [4.69, 9.17) is 4.98 Å². The molecule has 1 fully saturated rings. The number of nitrogens with zero attached hydrogens (tertiary/aromatic N) is 3. The monoisotopic (exact) mass is 602 g/mol. The van der Waals surface area contributed by atoms with Gasteiger partial charge in [0, 0.05) is 48.2 Å². The lowest BCUT2D eigenvalue weighted by Gasteiger charge is -2.30. The highest BCUT2D eigenvalue weighted by Gasteiger charge is 2.30. The molecule has 4 aromatic rings. The lowest BCUT2D eigenvalue weighted by atomic mass is 10.0. The van der Waals surface area contributed by atoms with Crippen molar-refractivity contribution in [3.05, 3.63) is 64.5 Å². The van der Waals surface area contributed by atoms with Crippen LogP contribution in [0.15, 0.2) is 53.4 Å². The molecule has 2 aliphatic heterocycles. The number of anilines is 1. The minimum atomic E-state index is -3.52. The van der Waals surface area contributed by atoms with Gasteiger partial charge in [-0.05, 0) is 75.1 Å². The zero-order valence-electron chi connectivity index (χ0n) is 21.8. The number of hydrogen-bond acceptors (Lipinski definition) is 7. The summed E-state index contributed by atoms with van der Waals surface area (Å²) in [5, 5.41) is 4.88. The van der Waals surface area contributed by atoms with Crippen molar-refractivity contribution in [1.29, 1.82) is 0 Å². The molecule has 0 saturated carbocycles. The van der Waals surface area contributed by atoms with Gasteiger partial charge in [-0.3, -0.25) is 9.69 Å². The summed E-state index contributed by atoms with van der Waals surface area (Å²) in [4.78, 5) is 22.2. The van der Waals surface area contributed by atoms with Crippen LogP contribution in [0.2, 0.25) is 0 Å². The summed E-state index contributed by atoms with van der Waals surface area (Å²) >= 11 is 3.27. The highest BCUT2D eigenvalue weighted by atomic mass is 35.5. The van der Waals surface area contributed by atoms with Crippen molar-refractivity contribution in [3.63, 3.8) is 0 Å². The molecule has 1 N–H and O–H groups in total. The molecular weight excluding hydrogens is 572 g/mol. The average molecular weight is 603 g/mol. The number of rotatable bonds is 6. The highest BCUT2D eigenvalue weighted by molar-refractivity contribution is 7.89. The number of amides is 1. The van der Waals surface area contributed by atoms with Crippen molar-refractivity contribution in [1.82, 2.24) is 14.2 Å². The summed E-state index contributed by atoms with van der Waals surface area (Å²) in [7, 11) is -3.52. The maximum atomic E-state index is 13.4. The molecule has 4 heterocycles. The van der Waals surface area contributed by atoms with E-state index in [9.17, 15) is 13.2 Å². The Kier molecular flexibility index (Phi) is 8.15. The number of thiazole rings is 1. The molecule has 2 aromatic carbocycles. The van der Waals surface area contributed by atoms with E-state index in [1.54, 1.807) is 34.8 Å². The van der Waals surface area contributed by atoms with E-state index >= 15 is 0 Å². The van der Waals surface area contributed by atoms with Crippen molar-refractivity contribution in [2.24, 2.45) is 0 Å². The molecule has 2 aliphatic rings. The fourth-order valence-corrected chi connectivity index (χ4v) is 9.08. The zero-order chi connectivity index (χ0) is 26.4. The van der Waals surface area contributed by atoms with E-state index in [0.29, 0.717) is 24.7 Å². The molecule has 1 saturated heterocycles. The molecule has 39 heavy (non-hydrogen) atoms. The Hall–Kier alpha value is -2.34. The Balaban J connectivity index is 0.00000308. The molecule has 0 spiro atoms. The van der Waals surface area contributed by atoms with Crippen LogP contribution in [0.3, 0.4) is 0 Å². The molecule has 0 aliphatic carbocycles. The van der Waals surface area contributed by atoms with Gasteiger partial charge in [-0.2, -0.15) is 4.31 Å². The Morgan fingerprint density at radius 2 is 1.72 bits per heavy atom. The van der Waals surface area contributed by atoms with Gasteiger partial charge < -0.3 is 5.32 Å². The zero-order valence-corrected chi connectivity index (χ0v) is 25.1. The molecule has 0 bridgehead atoms. The standard InChI is InChI=1S/C28H30N4O3S3.ClH/c1-18(2)31-16-13-21-24(17-31)37-28(25(21)27-29-22-7-3-4-8-23(22)36-27)30-26(33)19-9-11-20(12-10-19)38(34,35)32-14-5-6-15-32;/h3-4,7-12,18H,5-6,13-17H2,1-2H3,(H,30,33);1H. The van der Waals surface area contributed by atoms with Gasteiger partial charge in [-0.15, -0.1) is 35.1 Å². The van der Waals surface area contributed by atoms with Crippen LogP contribution in [0.1, 0.15) is 47.5 Å². The van der Waals surface area contributed by atoms with Crippen molar-refractivity contribution < 1.29 is 13.2 Å². The van der Waals surface area contributed by atoms with E-state index in [0.717, 1.165) is 58.1 Å². The number of sulfonamides is 1. The number of para-hydroxylation sites is 1. The van der Waals surface area contributed by atoms with Gasteiger partial charge in [0.05, 0.1) is 15.1 Å². The summed E-state index contributed by atoms with van der Waals surface area (Å²) in [5.74, 6) is -0.253.